The number of aliphatic imine (C=N–C) groups is 1. The van der Waals surface area contributed by atoms with Crippen molar-refractivity contribution in [3.8, 4) is 0 Å². The summed E-state index contributed by atoms with van der Waals surface area (Å²) in [4.78, 5) is 18.0. The number of rotatable bonds is 9. The van der Waals surface area contributed by atoms with Gasteiger partial charge in [0.15, 0.2) is 5.96 Å². The number of hydrogen-bond donors (Lipinski definition) is 2. The molecular formula is C20H38N4O3. The third-order valence-corrected chi connectivity index (χ3v) is 5.76. The van der Waals surface area contributed by atoms with Crippen LogP contribution < -0.4 is 10.6 Å². The van der Waals surface area contributed by atoms with Crippen molar-refractivity contribution in [2.24, 2.45) is 16.3 Å². The van der Waals surface area contributed by atoms with Crippen molar-refractivity contribution in [2.45, 2.75) is 58.6 Å². The van der Waals surface area contributed by atoms with E-state index >= 15 is 0 Å². The maximum atomic E-state index is 11.9. The zero-order chi connectivity index (χ0) is 19.9. The van der Waals surface area contributed by atoms with Crippen LogP contribution in [-0.4, -0.2) is 75.9 Å². The predicted molar refractivity (Wildman–Crippen MR) is 108 cm³/mol. The fourth-order valence-electron chi connectivity index (χ4n) is 3.37. The number of guanidine groups is 1. The molecule has 0 radical (unpaired) electrons. The minimum absolute atomic E-state index is 0.00561. The Morgan fingerprint density at radius 3 is 2.74 bits per heavy atom. The number of carbonyl (C=O) groups excluding carboxylic acids is 1. The predicted octanol–water partition coefficient (Wildman–Crippen LogP) is 1.63. The summed E-state index contributed by atoms with van der Waals surface area (Å²) in [7, 11) is 3.50. The lowest BCUT2D eigenvalue weighted by Crippen LogP contribution is -2.63. The highest BCUT2D eigenvalue weighted by Gasteiger charge is 2.49. The lowest BCUT2D eigenvalue weighted by molar-refractivity contribution is -0.127. The SMILES string of the molecule is CCCCOC1CC(NC(=NCC(=O)N(C)C)NCC2CCOC2)C1(C)C. The van der Waals surface area contributed by atoms with Crippen molar-refractivity contribution in [1.82, 2.24) is 15.5 Å². The van der Waals surface area contributed by atoms with E-state index in [1.807, 2.05) is 0 Å². The van der Waals surface area contributed by atoms with E-state index in [1.165, 1.54) is 0 Å². The molecule has 2 rings (SSSR count). The van der Waals surface area contributed by atoms with Gasteiger partial charge in [-0.15, -0.1) is 0 Å². The first-order valence-corrected chi connectivity index (χ1v) is 10.3. The van der Waals surface area contributed by atoms with Gasteiger partial charge in [0.2, 0.25) is 5.91 Å². The van der Waals surface area contributed by atoms with Gasteiger partial charge in [-0.05, 0) is 19.3 Å². The number of unbranched alkanes of at least 4 members (excludes halogenated alkanes) is 1. The highest BCUT2D eigenvalue weighted by atomic mass is 16.5. The van der Waals surface area contributed by atoms with Crippen LogP contribution in [0.15, 0.2) is 4.99 Å². The molecule has 0 bridgehead atoms. The van der Waals surface area contributed by atoms with E-state index in [9.17, 15) is 4.79 Å². The molecule has 1 amide bonds. The maximum Gasteiger partial charge on any atom is 0.243 e. The molecule has 0 spiro atoms. The molecule has 2 aliphatic rings. The molecule has 2 N–H and O–H groups in total. The van der Waals surface area contributed by atoms with E-state index in [4.69, 9.17) is 9.47 Å². The van der Waals surface area contributed by atoms with Crippen LogP contribution in [0.1, 0.15) is 46.5 Å². The van der Waals surface area contributed by atoms with Crippen molar-refractivity contribution in [3.05, 3.63) is 0 Å². The van der Waals surface area contributed by atoms with Crippen molar-refractivity contribution in [1.29, 1.82) is 0 Å². The lowest BCUT2D eigenvalue weighted by Gasteiger charge is -2.52. The summed E-state index contributed by atoms with van der Waals surface area (Å²) in [6.07, 6.45) is 4.56. The monoisotopic (exact) mass is 382 g/mol. The molecular weight excluding hydrogens is 344 g/mol. The Morgan fingerprint density at radius 2 is 2.15 bits per heavy atom. The standard InChI is InChI=1S/C20H38N4O3/c1-6-7-9-27-17-11-16(20(17,2)3)23-19(22-13-18(25)24(4)5)21-12-15-8-10-26-14-15/h15-17H,6-14H2,1-5H3,(H2,21,22,23). The van der Waals surface area contributed by atoms with E-state index in [-0.39, 0.29) is 30.0 Å². The second kappa shape index (κ2) is 10.3. The summed E-state index contributed by atoms with van der Waals surface area (Å²) in [5.41, 5.74) is 0.0399. The van der Waals surface area contributed by atoms with Crippen LogP contribution in [0.3, 0.4) is 0 Å². The summed E-state index contributed by atoms with van der Waals surface area (Å²) in [5.74, 6) is 1.21. The molecule has 0 aromatic carbocycles. The first kappa shape index (κ1) is 22.0. The summed E-state index contributed by atoms with van der Waals surface area (Å²) in [5, 5.41) is 6.94. The molecule has 3 unspecified atom stereocenters. The Bertz CT molecular complexity index is 501. The largest absolute Gasteiger partial charge is 0.381 e. The molecule has 0 aromatic rings. The number of nitrogens with zero attached hydrogens (tertiary/aromatic N) is 2. The normalized spacial score (nSPS) is 27.1. The molecule has 156 valence electrons. The van der Waals surface area contributed by atoms with Gasteiger partial charge in [-0.25, -0.2) is 4.99 Å². The topological polar surface area (TPSA) is 75.2 Å². The number of nitrogens with one attached hydrogen (secondary N) is 2. The van der Waals surface area contributed by atoms with Gasteiger partial charge < -0.3 is 25.0 Å². The van der Waals surface area contributed by atoms with Crippen LogP contribution in [0.5, 0.6) is 0 Å². The minimum atomic E-state index is -0.00561. The van der Waals surface area contributed by atoms with Gasteiger partial charge in [0.05, 0.1) is 12.7 Å². The number of hydrogen-bond acceptors (Lipinski definition) is 4. The van der Waals surface area contributed by atoms with Crippen LogP contribution in [0, 0.1) is 11.3 Å². The second-order valence-electron chi connectivity index (χ2n) is 8.53. The van der Waals surface area contributed by atoms with Crippen LogP contribution in [0.4, 0.5) is 0 Å². The van der Waals surface area contributed by atoms with Gasteiger partial charge in [0.25, 0.3) is 0 Å². The lowest BCUT2D eigenvalue weighted by atomic mass is 9.64. The Labute approximate surface area is 164 Å². The second-order valence-corrected chi connectivity index (χ2v) is 8.53. The van der Waals surface area contributed by atoms with Crippen LogP contribution in [-0.2, 0) is 14.3 Å². The molecule has 7 nitrogen and oxygen atoms in total. The summed E-state index contributed by atoms with van der Waals surface area (Å²) < 4.78 is 11.5. The van der Waals surface area contributed by atoms with Crippen LogP contribution >= 0.6 is 0 Å². The third-order valence-electron chi connectivity index (χ3n) is 5.76. The van der Waals surface area contributed by atoms with Crippen molar-refractivity contribution >= 4 is 11.9 Å². The maximum absolute atomic E-state index is 11.9. The molecule has 1 aliphatic heterocycles. The quantitative estimate of drug-likeness (QED) is 0.360. The molecule has 7 heteroatoms. The molecule has 3 atom stereocenters. The summed E-state index contributed by atoms with van der Waals surface area (Å²) >= 11 is 0. The first-order valence-electron chi connectivity index (χ1n) is 10.3. The van der Waals surface area contributed by atoms with Crippen molar-refractivity contribution in [3.63, 3.8) is 0 Å². The van der Waals surface area contributed by atoms with Gasteiger partial charge in [-0.2, -0.15) is 0 Å². The molecule has 1 saturated carbocycles. The van der Waals surface area contributed by atoms with E-state index in [1.54, 1.807) is 19.0 Å². The summed E-state index contributed by atoms with van der Waals surface area (Å²) in [6.45, 7) is 10.1. The van der Waals surface area contributed by atoms with Gasteiger partial charge in [-0.3, -0.25) is 4.79 Å². The first-order chi connectivity index (χ1) is 12.8. The average Bonchev–Trinajstić information content (AvgIpc) is 3.15. The molecule has 1 heterocycles. The zero-order valence-corrected chi connectivity index (χ0v) is 17.7. The van der Waals surface area contributed by atoms with Crippen molar-refractivity contribution in [2.75, 3.05) is 47.0 Å². The highest BCUT2D eigenvalue weighted by Crippen LogP contribution is 2.42. The fourth-order valence-corrected chi connectivity index (χ4v) is 3.37. The van der Waals surface area contributed by atoms with E-state index < -0.39 is 0 Å². The Kier molecular flexibility index (Phi) is 8.35. The summed E-state index contributed by atoms with van der Waals surface area (Å²) in [6, 6.07) is 0.282. The molecule has 1 saturated heterocycles. The average molecular weight is 383 g/mol. The van der Waals surface area contributed by atoms with Crippen LogP contribution in [0.2, 0.25) is 0 Å². The number of likely N-dealkylation sites (N-methyl/N-ethyl adjacent to an activating group) is 1. The number of amides is 1. The minimum Gasteiger partial charge on any atom is -0.381 e. The number of carbonyl (C=O) groups is 1. The Morgan fingerprint density at radius 1 is 1.37 bits per heavy atom. The highest BCUT2D eigenvalue weighted by molar-refractivity contribution is 5.85. The molecule has 2 fully saturated rings. The fraction of sp³-hybridized carbons (Fsp3) is 0.900. The third kappa shape index (κ3) is 6.35. The molecule has 0 aromatic heterocycles. The molecule has 27 heavy (non-hydrogen) atoms. The van der Waals surface area contributed by atoms with Crippen molar-refractivity contribution < 1.29 is 14.3 Å². The van der Waals surface area contributed by atoms with Gasteiger partial charge >= 0.3 is 0 Å². The Hall–Kier alpha value is -1.34. The van der Waals surface area contributed by atoms with Gasteiger partial charge in [-0.1, -0.05) is 27.2 Å². The number of ether oxygens (including phenoxy) is 2. The van der Waals surface area contributed by atoms with Gasteiger partial charge in [0.1, 0.15) is 6.54 Å². The zero-order valence-electron chi connectivity index (χ0n) is 17.7. The molecule has 1 aliphatic carbocycles. The van der Waals surface area contributed by atoms with E-state index in [2.05, 4.69) is 36.4 Å². The smallest absolute Gasteiger partial charge is 0.243 e. The van der Waals surface area contributed by atoms with Gasteiger partial charge in [0, 0.05) is 51.2 Å². The van der Waals surface area contributed by atoms with E-state index in [0.717, 1.165) is 52.0 Å². The Balaban J connectivity index is 1.90. The van der Waals surface area contributed by atoms with E-state index in [0.29, 0.717) is 11.9 Å². The van der Waals surface area contributed by atoms with Crippen LogP contribution in [0.25, 0.3) is 0 Å².